The summed E-state index contributed by atoms with van der Waals surface area (Å²) in [6.45, 7) is 0. The lowest BCUT2D eigenvalue weighted by Crippen LogP contribution is -1.91. The molecule has 6 heteroatoms. The maximum absolute atomic E-state index is 8.97. The summed E-state index contributed by atoms with van der Waals surface area (Å²) >= 11 is 6.95. The third kappa shape index (κ3) is 2.15. The molecule has 4 nitrogen and oxygen atoms in total. The van der Waals surface area contributed by atoms with Crippen molar-refractivity contribution in [1.29, 1.82) is 5.26 Å². The summed E-state index contributed by atoms with van der Waals surface area (Å²) in [6.07, 6.45) is 1.73. The third-order valence-electron chi connectivity index (χ3n) is 2.70. The molecule has 0 atom stereocenters. The molecule has 0 saturated carbocycles. The Morgan fingerprint density at radius 3 is 2.74 bits per heavy atom. The van der Waals surface area contributed by atoms with E-state index in [1.54, 1.807) is 18.3 Å². The van der Waals surface area contributed by atoms with Gasteiger partial charge in [-0.05, 0) is 30.3 Å². The first-order valence-corrected chi connectivity index (χ1v) is 6.98. The van der Waals surface area contributed by atoms with Gasteiger partial charge in [0.05, 0.1) is 5.56 Å². The number of benzene rings is 1. The summed E-state index contributed by atoms with van der Waals surface area (Å²) in [4.78, 5) is 0. The molecule has 2 heterocycles. The van der Waals surface area contributed by atoms with Gasteiger partial charge >= 0.3 is 0 Å². The fourth-order valence-electron chi connectivity index (χ4n) is 1.81. The monoisotopic (exact) mass is 376 g/mol. The van der Waals surface area contributed by atoms with Crippen LogP contribution in [-0.2, 0) is 0 Å². The van der Waals surface area contributed by atoms with E-state index < -0.39 is 0 Å². The fraction of sp³-hybridized carbons (Fsp3) is 0. The minimum atomic E-state index is 0.569. The van der Waals surface area contributed by atoms with Crippen LogP contribution in [0.3, 0.4) is 0 Å². The number of rotatable bonds is 1. The van der Waals surface area contributed by atoms with Crippen molar-refractivity contribution in [2.75, 3.05) is 0 Å². The second-order valence-electron chi connectivity index (χ2n) is 3.91. The highest BCUT2D eigenvalue weighted by molar-refractivity contribution is 9.11. The lowest BCUT2D eigenvalue weighted by molar-refractivity contribution is 1.11. The first-order chi connectivity index (χ1) is 9.19. The molecule has 2 aromatic heterocycles. The van der Waals surface area contributed by atoms with E-state index in [4.69, 9.17) is 5.26 Å². The van der Waals surface area contributed by atoms with E-state index in [0.717, 1.165) is 14.5 Å². The van der Waals surface area contributed by atoms with Gasteiger partial charge in [0.25, 0.3) is 0 Å². The molecule has 0 bridgehead atoms. The van der Waals surface area contributed by atoms with Crippen LogP contribution in [0.2, 0.25) is 0 Å². The van der Waals surface area contributed by atoms with Crippen molar-refractivity contribution < 1.29 is 0 Å². The molecule has 3 rings (SSSR count). The molecule has 0 amide bonds. The van der Waals surface area contributed by atoms with Crippen LogP contribution in [-0.4, -0.2) is 14.6 Å². The molecule has 0 unspecified atom stereocenters. The highest BCUT2D eigenvalue weighted by Crippen LogP contribution is 2.30. The summed E-state index contributed by atoms with van der Waals surface area (Å²) < 4.78 is 3.69. The quantitative estimate of drug-likeness (QED) is 0.648. The van der Waals surface area contributed by atoms with Crippen LogP contribution < -0.4 is 0 Å². The Labute approximate surface area is 126 Å². The second kappa shape index (κ2) is 4.76. The zero-order chi connectivity index (χ0) is 13.4. The molecule has 0 fully saturated rings. The molecule has 0 radical (unpaired) electrons. The van der Waals surface area contributed by atoms with Crippen molar-refractivity contribution in [3.8, 4) is 17.5 Å². The van der Waals surface area contributed by atoms with Gasteiger partial charge in [-0.1, -0.05) is 31.9 Å². The maximum atomic E-state index is 8.97. The van der Waals surface area contributed by atoms with Gasteiger partial charge < -0.3 is 0 Å². The molecule has 0 N–H and O–H groups in total. The molecule has 92 valence electrons. The zero-order valence-electron chi connectivity index (χ0n) is 9.51. The normalized spacial score (nSPS) is 10.6. The summed E-state index contributed by atoms with van der Waals surface area (Å²) in [7, 11) is 0. The van der Waals surface area contributed by atoms with Crippen LogP contribution in [0.15, 0.2) is 45.5 Å². The predicted octanol–water partition coefficient (Wildman–Crippen LogP) is 3.79. The van der Waals surface area contributed by atoms with E-state index in [2.05, 4.69) is 48.1 Å². The molecular weight excluding hydrogens is 372 g/mol. The second-order valence-corrected chi connectivity index (χ2v) is 5.68. The van der Waals surface area contributed by atoms with E-state index in [0.29, 0.717) is 17.0 Å². The first kappa shape index (κ1) is 12.3. The number of aromatic nitrogens is 3. The Kier molecular flexibility index (Phi) is 3.09. The number of halogens is 2. The SMILES string of the molecule is N#Cc1ccc2nnc(-c3cc(Br)ccc3Br)n2c1. The third-order valence-corrected chi connectivity index (χ3v) is 3.89. The minimum absolute atomic E-state index is 0.569. The molecule has 0 aliphatic heterocycles. The predicted molar refractivity (Wildman–Crippen MR) is 78.5 cm³/mol. The van der Waals surface area contributed by atoms with E-state index >= 15 is 0 Å². The van der Waals surface area contributed by atoms with Gasteiger partial charge in [-0.3, -0.25) is 4.40 Å². The van der Waals surface area contributed by atoms with Gasteiger partial charge in [0, 0.05) is 20.7 Å². The Balaban J connectivity index is 2.31. The van der Waals surface area contributed by atoms with Gasteiger partial charge in [-0.25, -0.2) is 0 Å². The molecule has 0 saturated heterocycles. The van der Waals surface area contributed by atoms with E-state index in [1.807, 2.05) is 22.6 Å². The standard InChI is InChI=1S/C13H6Br2N4/c14-9-2-3-11(15)10(5-9)13-18-17-12-4-1-8(6-16)7-19(12)13/h1-5,7H. The summed E-state index contributed by atoms with van der Waals surface area (Å²) in [5.74, 6) is 0.695. The Bertz CT molecular complexity index is 817. The molecule has 3 aromatic rings. The number of fused-ring (bicyclic) bond motifs is 1. The van der Waals surface area contributed by atoms with Gasteiger partial charge in [0.15, 0.2) is 11.5 Å². The first-order valence-electron chi connectivity index (χ1n) is 5.39. The summed E-state index contributed by atoms with van der Waals surface area (Å²) in [5.41, 5.74) is 2.19. The highest BCUT2D eigenvalue weighted by atomic mass is 79.9. The molecule has 19 heavy (non-hydrogen) atoms. The number of pyridine rings is 1. The van der Waals surface area contributed by atoms with Crippen molar-refractivity contribution >= 4 is 37.5 Å². The zero-order valence-corrected chi connectivity index (χ0v) is 12.7. The van der Waals surface area contributed by atoms with Crippen molar-refractivity contribution in [3.05, 3.63) is 51.0 Å². The average molecular weight is 378 g/mol. The lowest BCUT2D eigenvalue weighted by Gasteiger charge is -2.04. The van der Waals surface area contributed by atoms with Crippen LogP contribution in [0.4, 0.5) is 0 Å². The summed E-state index contributed by atoms with van der Waals surface area (Å²) in [6, 6.07) is 11.5. The highest BCUT2D eigenvalue weighted by Gasteiger charge is 2.12. The number of nitriles is 1. The molecule has 1 aromatic carbocycles. The van der Waals surface area contributed by atoms with Crippen molar-refractivity contribution in [2.45, 2.75) is 0 Å². The minimum Gasteiger partial charge on any atom is -0.281 e. The topological polar surface area (TPSA) is 54.0 Å². The smallest absolute Gasteiger partial charge is 0.169 e. The van der Waals surface area contributed by atoms with Crippen molar-refractivity contribution in [2.24, 2.45) is 0 Å². The van der Waals surface area contributed by atoms with Crippen LogP contribution in [0.25, 0.3) is 17.0 Å². The number of hydrogen-bond acceptors (Lipinski definition) is 3. The average Bonchev–Trinajstić information content (AvgIpc) is 2.84. The lowest BCUT2D eigenvalue weighted by atomic mass is 10.2. The van der Waals surface area contributed by atoms with Crippen LogP contribution in [0, 0.1) is 11.3 Å². The molecular formula is C13H6Br2N4. The Morgan fingerprint density at radius 1 is 1.11 bits per heavy atom. The molecule has 0 spiro atoms. The van der Waals surface area contributed by atoms with E-state index in [1.165, 1.54) is 0 Å². The van der Waals surface area contributed by atoms with Gasteiger partial charge in [-0.15, -0.1) is 10.2 Å². The number of nitrogens with zero attached hydrogens (tertiary/aromatic N) is 4. The fourth-order valence-corrected chi connectivity index (χ4v) is 2.59. The van der Waals surface area contributed by atoms with E-state index in [9.17, 15) is 0 Å². The van der Waals surface area contributed by atoms with Crippen molar-refractivity contribution in [3.63, 3.8) is 0 Å². The van der Waals surface area contributed by atoms with Gasteiger partial charge in [0.2, 0.25) is 0 Å². The summed E-state index contributed by atoms with van der Waals surface area (Å²) in [5, 5.41) is 17.3. The maximum Gasteiger partial charge on any atom is 0.169 e. The van der Waals surface area contributed by atoms with Gasteiger partial charge in [-0.2, -0.15) is 5.26 Å². The van der Waals surface area contributed by atoms with Crippen LogP contribution in [0.5, 0.6) is 0 Å². The van der Waals surface area contributed by atoms with Crippen LogP contribution >= 0.6 is 31.9 Å². The molecule has 0 aliphatic rings. The van der Waals surface area contributed by atoms with E-state index in [-0.39, 0.29) is 0 Å². The Morgan fingerprint density at radius 2 is 1.95 bits per heavy atom. The number of hydrogen-bond donors (Lipinski definition) is 0. The largest absolute Gasteiger partial charge is 0.281 e. The van der Waals surface area contributed by atoms with Crippen LogP contribution in [0.1, 0.15) is 5.56 Å². The molecule has 0 aliphatic carbocycles. The van der Waals surface area contributed by atoms with Crippen molar-refractivity contribution in [1.82, 2.24) is 14.6 Å². The van der Waals surface area contributed by atoms with Gasteiger partial charge in [0.1, 0.15) is 6.07 Å². The Hall–Kier alpha value is -1.71.